The summed E-state index contributed by atoms with van der Waals surface area (Å²) < 4.78 is 4.50. The minimum atomic E-state index is -0.599. The SMILES string of the molecule is COC(=O)/C=C1/S/C(=N\N=Cc2ccc(-c3ccc(Cl)cc3)cc2)NC1=O. The van der Waals surface area contributed by atoms with Crippen LogP contribution in [0.5, 0.6) is 0 Å². The topological polar surface area (TPSA) is 80.1 Å². The molecule has 1 aliphatic heterocycles. The van der Waals surface area contributed by atoms with Crippen LogP contribution in [0.4, 0.5) is 0 Å². The number of hydrogen-bond acceptors (Lipinski definition) is 6. The standard InChI is InChI=1S/C19H14ClN3O3S/c1-26-17(24)10-16-18(25)22-19(27-16)23-21-11-12-2-4-13(5-3-12)14-6-8-15(20)9-7-14/h2-11H,1H3,(H,22,23,25)/b16-10+,21-11?. The van der Waals surface area contributed by atoms with E-state index in [0.29, 0.717) is 10.2 Å². The molecule has 0 spiro atoms. The van der Waals surface area contributed by atoms with Gasteiger partial charge in [-0.25, -0.2) is 4.79 Å². The van der Waals surface area contributed by atoms with Crippen molar-refractivity contribution in [3.8, 4) is 11.1 Å². The molecule has 1 heterocycles. The van der Waals surface area contributed by atoms with E-state index in [1.54, 1.807) is 6.21 Å². The third-order valence-corrected chi connectivity index (χ3v) is 4.70. The highest BCUT2D eigenvalue weighted by Gasteiger charge is 2.24. The molecule has 1 N–H and O–H groups in total. The number of carbonyl (C=O) groups is 2. The van der Waals surface area contributed by atoms with Crippen LogP contribution in [0.2, 0.25) is 5.02 Å². The third-order valence-electron chi connectivity index (χ3n) is 3.54. The molecule has 2 aromatic rings. The van der Waals surface area contributed by atoms with Gasteiger partial charge in [0.1, 0.15) is 0 Å². The van der Waals surface area contributed by atoms with E-state index in [2.05, 4.69) is 20.3 Å². The summed E-state index contributed by atoms with van der Waals surface area (Å²) in [6, 6.07) is 15.4. The maximum atomic E-state index is 11.7. The van der Waals surface area contributed by atoms with Crippen molar-refractivity contribution in [1.82, 2.24) is 5.32 Å². The third kappa shape index (κ3) is 5.06. The Morgan fingerprint density at radius 1 is 1.11 bits per heavy atom. The molecule has 1 saturated heterocycles. The molecule has 0 saturated carbocycles. The van der Waals surface area contributed by atoms with Gasteiger partial charge in [-0.05, 0) is 40.6 Å². The van der Waals surface area contributed by atoms with Crippen molar-refractivity contribution in [2.45, 2.75) is 0 Å². The van der Waals surface area contributed by atoms with Crippen LogP contribution in [0, 0.1) is 0 Å². The first-order chi connectivity index (χ1) is 13.0. The number of carbonyl (C=O) groups excluding carboxylic acids is 2. The summed E-state index contributed by atoms with van der Waals surface area (Å²) in [6.07, 6.45) is 2.69. The Kier molecular flexibility index (Phi) is 6.05. The quantitative estimate of drug-likeness (QED) is 0.368. The number of methoxy groups -OCH3 is 1. The van der Waals surface area contributed by atoms with Crippen LogP contribution in [0.25, 0.3) is 11.1 Å². The van der Waals surface area contributed by atoms with E-state index in [-0.39, 0.29) is 4.91 Å². The number of nitrogens with zero attached hydrogens (tertiary/aromatic N) is 2. The van der Waals surface area contributed by atoms with Gasteiger partial charge < -0.3 is 4.74 Å². The molecule has 136 valence electrons. The smallest absolute Gasteiger partial charge is 0.331 e. The Hall–Kier alpha value is -2.90. The molecule has 0 aliphatic carbocycles. The molecular weight excluding hydrogens is 386 g/mol. The van der Waals surface area contributed by atoms with Crippen LogP contribution >= 0.6 is 23.4 Å². The fraction of sp³-hybridized carbons (Fsp3) is 0.0526. The van der Waals surface area contributed by atoms with Gasteiger partial charge in [0.25, 0.3) is 5.91 Å². The van der Waals surface area contributed by atoms with E-state index in [1.165, 1.54) is 7.11 Å². The number of amidine groups is 1. The number of hydrogen-bond donors (Lipinski definition) is 1. The van der Waals surface area contributed by atoms with Gasteiger partial charge >= 0.3 is 5.97 Å². The highest BCUT2D eigenvalue weighted by atomic mass is 35.5. The van der Waals surface area contributed by atoms with Gasteiger partial charge in [0.2, 0.25) is 0 Å². The van der Waals surface area contributed by atoms with Gasteiger partial charge in [0.05, 0.1) is 18.2 Å². The first kappa shape index (κ1) is 18.9. The van der Waals surface area contributed by atoms with Crippen molar-refractivity contribution in [2.75, 3.05) is 7.11 Å². The van der Waals surface area contributed by atoms with Crippen molar-refractivity contribution in [3.05, 3.63) is 70.1 Å². The fourth-order valence-electron chi connectivity index (χ4n) is 2.19. The number of amides is 1. The second kappa shape index (κ2) is 8.66. The van der Waals surface area contributed by atoms with Crippen molar-refractivity contribution >= 4 is 46.6 Å². The Morgan fingerprint density at radius 2 is 1.74 bits per heavy atom. The lowest BCUT2D eigenvalue weighted by Crippen LogP contribution is -2.19. The summed E-state index contributed by atoms with van der Waals surface area (Å²) in [5.74, 6) is -1.01. The molecule has 2 aromatic carbocycles. The number of benzene rings is 2. The van der Waals surface area contributed by atoms with E-state index in [0.717, 1.165) is 34.5 Å². The van der Waals surface area contributed by atoms with Crippen LogP contribution in [0.3, 0.4) is 0 Å². The molecule has 1 aliphatic rings. The van der Waals surface area contributed by atoms with E-state index in [1.807, 2.05) is 48.5 Å². The number of halogens is 1. The van der Waals surface area contributed by atoms with Crippen LogP contribution in [0.1, 0.15) is 5.56 Å². The number of rotatable bonds is 4. The largest absolute Gasteiger partial charge is 0.466 e. The molecule has 0 atom stereocenters. The monoisotopic (exact) mass is 399 g/mol. The molecule has 1 fully saturated rings. The Balaban J connectivity index is 1.65. The predicted octanol–water partition coefficient (Wildman–Crippen LogP) is 3.62. The van der Waals surface area contributed by atoms with E-state index >= 15 is 0 Å². The predicted molar refractivity (Wildman–Crippen MR) is 108 cm³/mol. The maximum Gasteiger partial charge on any atom is 0.331 e. The molecular formula is C19H14ClN3O3S. The lowest BCUT2D eigenvalue weighted by Gasteiger charge is -2.02. The first-order valence-electron chi connectivity index (χ1n) is 7.81. The zero-order chi connectivity index (χ0) is 19.2. The first-order valence-corrected chi connectivity index (χ1v) is 9.00. The molecule has 1 amide bonds. The second-order valence-corrected chi connectivity index (χ2v) is 6.83. The zero-order valence-corrected chi connectivity index (χ0v) is 15.8. The molecule has 8 heteroatoms. The lowest BCUT2D eigenvalue weighted by atomic mass is 10.0. The summed E-state index contributed by atoms with van der Waals surface area (Å²) in [5.41, 5.74) is 2.99. The molecule has 0 aromatic heterocycles. The van der Waals surface area contributed by atoms with Gasteiger partial charge in [0, 0.05) is 11.1 Å². The average Bonchev–Trinajstić information content (AvgIpc) is 3.02. The summed E-state index contributed by atoms with van der Waals surface area (Å²) in [5, 5.41) is 11.4. The van der Waals surface area contributed by atoms with Crippen LogP contribution in [-0.2, 0) is 14.3 Å². The van der Waals surface area contributed by atoms with Crippen molar-refractivity contribution in [2.24, 2.45) is 10.2 Å². The molecule has 27 heavy (non-hydrogen) atoms. The molecule has 3 rings (SSSR count). The van der Waals surface area contributed by atoms with Crippen molar-refractivity contribution < 1.29 is 14.3 Å². The Morgan fingerprint density at radius 3 is 2.37 bits per heavy atom. The highest BCUT2D eigenvalue weighted by molar-refractivity contribution is 8.18. The van der Waals surface area contributed by atoms with Crippen molar-refractivity contribution in [1.29, 1.82) is 0 Å². The van der Waals surface area contributed by atoms with E-state index in [9.17, 15) is 9.59 Å². The average molecular weight is 400 g/mol. The molecule has 0 unspecified atom stereocenters. The van der Waals surface area contributed by atoms with Crippen LogP contribution in [-0.4, -0.2) is 30.4 Å². The fourth-order valence-corrected chi connectivity index (χ4v) is 3.06. The second-order valence-electron chi connectivity index (χ2n) is 5.37. The molecule has 0 bridgehead atoms. The van der Waals surface area contributed by atoms with Gasteiger partial charge in [-0.2, -0.15) is 5.10 Å². The van der Waals surface area contributed by atoms with Gasteiger partial charge in [-0.15, -0.1) is 5.10 Å². The minimum absolute atomic E-state index is 0.211. The van der Waals surface area contributed by atoms with E-state index in [4.69, 9.17) is 11.6 Å². The Bertz CT molecular complexity index is 951. The number of nitrogens with one attached hydrogen (secondary N) is 1. The summed E-state index contributed by atoms with van der Waals surface area (Å²) >= 11 is 6.93. The summed E-state index contributed by atoms with van der Waals surface area (Å²) in [7, 11) is 1.24. The van der Waals surface area contributed by atoms with Crippen molar-refractivity contribution in [3.63, 3.8) is 0 Å². The minimum Gasteiger partial charge on any atom is -0.466 e. The Labute approximate surface area is 165 Å². The summed E-state index contributed by atoms with van der Waals surface area (Å²) in [4.78, 5) is 23.1. The number of esters is 1. The number of thioether (sulfide) groups is 1. The normalized spacial score (nSPS) is 16.9. The highest BCUT2D eigenvalue weighted by Crippen LogP contribution is 2.24. The molecule has 6 nitrogen and oxygen atoms in total. The maximum absolute atomic E-state index is 11.7. The van der Waals surface area contributed by atoms with Gasteiger partial charge in [-0.3, -0.25) is 10.1 Å². The van der Waals surface area contributed by atoms with Crippen LogP contribution < -0.4 is 5.32 Å². The zero-order valence-electron chi connectivity index (χ0n) is 14.2. The number of ether oxygens (including phenoxy) is 1. The van der Waals surface area contributed by atoms with E-state index < -0.39 is 11.9 Å². The lowest BCUT2D eigenvalue weighted by molar-refractivity contribution is -0.135. The molecule has 0 radical (unpaired) electrons. The summed E-state index contributed by atoms with van der Waals surface area (Å²) in [6.45, 7) is 0. The van der Waals surface area contributed by atoms with Gasteiger partial charge in [-0.1, -0.05) is 48.0 Å². The van der Waals surface area contributed by atoms with Gasteiger partial charge in [0.15, 0.2) is 5.17 Å². The van der Waals surface area contributed by atoms with Crippen LogP contribution in [0.15, 0.2) is 69.7 Å².